The summed E-state index contributed by atoms with van der Waals surface area (Å²) in [4.78, 5) is 13.5. The predicted molar refractivity (Wildman–Crippen MR) is 143 cm³/mol. The van der Waals surface area contributed by atoms with Crippen LogP contribution in [0.1, 0.15) is 31.0 Å². The molecule has 0 amide bonds. The summed E-state index contributed by atoms with van der Waals surface area (Å²) in [6, 6.07) is 11.0. The van der Waals surface area contributed by atoms with Crippen molar-refractivity contribution in [2.75, 3.05) is 57.9 Å². The minimum atomic E-state index is -0.222. The van der Waals surface area contributed by atoms with Crippen LogP contribution in [0.4, 0.5) is 10.2 Å². The van der Waals surface area contributed by atoms with Crippen molar-refractivity contribution in [3.05, 3.63) is 59.5 Å². The van der Waals surface area contributed by atoms with Crippen molar-refractivity contribution >= 4 is 35.8 Å². The van der Waals surface area contributed by atoms with E-state index in [-0.39, 0.29) is 35.8 Å². The van der Waals surface area contributed by atoms with Gasteiger partial charge in [0.05, 0.1) is 19.3 Å². The first kappa shape index (κ1) is 27.3. The Balaban J connectivity index is 0.00000385. The van der Waals surface area contributed by atoms with Crippen LogP contribution < -0.4 is 15.5 Å². The number of aromatic nitrogens is 1. The van der Waals surface area contributed by atoms with Gasteiger partial charge < -0.3 is 20.3 Å². The molecule has 1 aliphatic heterocycles. The number of benzene rings is 1. The lowest BCUT2D eigenvalue weighted by Gasteiger charge is -2.35. The Bertz CT molecular complexity index is 839. The van der Waals surface area contributed by atoms with Crippen LogP contribution in [0.25, 0.3) is 0 Å². The normalized spacial score (nSPS) is 15.5. The molecule has 0 aliphatic carbocycles. The first-order valence-electron chi connectivity index (χ1n) is 11.4. The molecular formula is C24H36FIN6O. The first-order chi connectivity index (χ1) is 15.6. The Labute approximate surface area is 213 Å². The number of nitrogens with one attached hydrogen (secondary N) is 2. The van der Waals surface area contributed by atoms with E-state index >= 15 is 0 Å². The number of pyridine rings is 1. The topological polar surface area (TPSA) is 65.0 Å². The van der Waals surface area contributed by atoms with Gasteiger partial charge in [-0.3, -0.25) is 9.89 Å². The molecule has 1 fully saturated rings. The highest BCUT2D eigenvalue weighted by molar-refractivity contribution is 14.0. The molecule has 0 bridgehead atoms. The summed E-state index contributed by atoms with van der Waals surface area (Å²) in [7, 11) is 1.76. The van der Waals surface area contributed by atoms with E-state index < -0.39 is 0 Å². The maximum absolute atomic E-state index is 13.4. The van der Waals surface area contributed by atoms with Crippen molar-refractivity contribution < 1.29 is 9.13 Å². The highest BCUT2D eigenvalue weighted by Crippen LogP contribution is 2.21. The van der Waals surface area contributed by atoms with Crippen LogP contribution in [0.5, 0.6) is 0 Å². The van der Waals surface area contributed by atoms with Crippen molar-refractivity contribution in [1.82, 2.24) is 20.5 Å². The fourth-order valence-corrected chi connectivity index (χ4v) is 3.89. The minimum absolute atomic E-state index is 0. The molecule has 1 aliphatic rings. The SMILES string of the molecule is CCN(CC)c1ccc(CNC(=NC)NCC(c2ccc(F)cc2)N2CCOCC2)cn1.I. The van der Waals surface area contributed by atoms with Gasteiger partial charge in [0.2, 0.25) is 0 Å². The van der Waals surface area contributed by atoms with Crippen LogP contribution in [-0.2, 0) is 11.3 Å². The van der Waals surface area contributed by atoms with Gasteiger partial charge in [-0.1, -0.05) is 18.2 Å². The maximum Gasteiger partial charge on any atom is 0.191 e. The van der Waals surface area contributed by atoms with Crippen molar-refractivity contribution in [2.24, 2.45) is 4.99 Å². The second kappa shape index (κ2) is 14.3. The van der Waals surface area contributed by atoms with Crippen LogP contribution in [0.2, 0.25) is 0 Å². The van der Waals surface area contributed by atoms with E-state index in [1.165, 1.54) is 12.1 Å². The molecule has 33 heavy (non-hydrogen) atoms. The Morgan fingerprint density at radius 3 is 2.39 bits per heavy atom. The number of morpholine rings is 1. The zero-order valence-corrected chi connectivity index (χ0v) is 22.1. The molecule has 2 aromatic rings. The number of anilines is 1. The fourth-order valence-electron chi connectivity index (χ4n) is 3.89. The highest BCUT2D eigenvalue weighted by Gasteiger charge is 2.23. The molecule has 3 rings (SSSR count). The number of hydrogen-bond acceptors (Lipinski definition) is 5. The molecule has 1 unspecified atom stereocenters. The molecule has 1 atom stereocenters. The summed E-state index contributed by atoms with van der Waals surface area (Å²) in [5.41, 5.74) is 2.17. The zero-order valence-electron chi connectivity index (χ0n) is 19.8. The summed E-state index contributed by atoms with van der Waals surface area (Å²) in [6.07, 6.45) is 1.91. The monoisotopic (exact) mass is 570 g/mol. The third kappa shape index (κ3) is 8.08. The summed E-state index contributed by atoms with van der Waals surface area (Å²) in [5, 5.41) is 6.80. The quantitative estimate of drug-likeness (QED) is 0.274. The average molecular weight is 570 g/mol. The van der Waals surface area contributed by atoms with E-state index in [1.54, 1.807) is 7.05 Å². The lowest BCUT2D eigenvalue weighted by molar-refractivity contribution is 0.0170. The molecular weight excluding hydrogens is 534 g/mol. The predicted octanol–water partition coefficient (Wildman–Crippen LogP) is 3.42. The zero-order chi connectivity index (χ0) is 22.8. The van der Waals surface area contributed by atoms with Gasteiger partial charge in [-0.25, -0.2) is 9.37 Å². The van der Waals surface area contributed by atoms with Crippen molar-refractivity contribution in [2.45, 2.75) is 26.4 Å². The van der Waals surface area contributed by atoms with Gasteiger partial charge in [0.15, 0.2) is 5.96 Å². The maximum atomic E-state index is 13.4. The number of hydrogen-bond donors (Lipinski definition) is 2. The Morgan fingerprint density at radius 1 is 1.12 bits per heavy atom. The van der Waals surface area contributed by atoms with Gasteiger partial charge in [-0.15, -0.1) is 24.0 Å². The van der Waals surface area contributed by atoms with E-state index in [0.29, 0.717) is 26.3 Å². The van der Waals surface area contributed by atoms with Gasteiger partial charge in [0.25, 0.3) is 0 Å². The number of ether oxygens (including phenoxy) is 1. The molecule has 0 saturated carbocycles. The van der Waals surface area contributed by atoms with E-state index in [2.05, 4.69) is 56.4 Å². The second-order valence-electron chi connectivity index (χ2n) is 7.72. The average Bonchev–Trinajstić information content (AvgIpc) is 2.84. The van der Waals surface area contributed by atoms with Crippen LogP contribution in [0.15, 0.2) is 47.6 Å². The smallest absolute Gasteiger partial charge is 0.191 e. The van der Waals surface area contributed by atoms with Gasteiger partial charge in [0.1, 0.15) is 11.6 Å². The molecule has 182 valence electrons. The van der Waals surface area contributed by atoms with E-state index in [4.69, 9.17) is 4.74 Å². The molecule has 0 radical (unpaired) electrons. The van der Waals surface area contributed by atoms with E-state index in [1.807, 2.05) is 18.3 Å². The van der Waals surface area contributed by atoms with Crippen LogP contribution in [0, 0.1) is 5.82 Å². The Kier molecular flexibility index (Phi) is 11.8. The standard InChI is InChI=1S/C24H35FN6O.HI/c1-4-30(5-2)23-11-6-19(16-27-23)17-28-24(26-3)29-18-22(31-12-14-32-15-13-31)20-7-9-21(25)10-8-20;/h6-11,16,22H,4-5,12-15,17-18H2,1-3H3,(H2,26,28,29);1H. The molecule has 1 saturated heterocycles. The number of nitrogens with zero attached hydrogens (tertiary/aromatic N) is 4. The lowest BCUT2D eigenvalue weighted by Crippen LogP contribution is -2.46. The fraction of sp³-hybridized carbons (Fsp3) is 0.500. The number of rotatable bonds is 9. The highest BCUT2D eigenvalue weighted by atomic mass is 127. The van der Waals surface area contributed by atoms with Crippen LogP contribution in [0.3, 0.4) is 0 Å². The van der Waals surface area contributed by atoms with Crippen LogP contribution >= 0.6 is 24.0 Å². The van der Waals surface area contributed by atoms with Gasteiger partial charge >= 0.3 is 0 Å². The van der Waals surface area contributed by atoms with E-state index in [0.717, 1.165) is 49.1 Å². The molecule has 9 heteroatoms. The molecule has 1 aromatic carbocycles. The first-order valence-corrected chi connectivity index (χ1v) is 11.4. The molecule has 7 nitrogen and oxygen atoms in total. The van der Waals surface area contributed by atoms with Gasteiger partial charge in [-0.2, -0.15) is 0 Å². The van der Waals surface area contributed by atoms with Gasteiger partial charge in [-0.05, 0) is 43.2 Å². The minimum Gasteiger partial charge on any atom is -0.379 e. The van der Waals surface area contributed by atoms with E-state index in [9.17, 15) is 4.39 Å². The number of aliphatic imine (C=N–C) groups is 1. The number of guanidine groups is 1. The van der Waals surface area contributed by atoms with Crippen LogP contribution in [-0.4, -0.2) is 68.8 Å². The largest absolute Gasteiger partial charge is 0.379 e. The molecule has 1 aromatic heterocycles. The van der Waals surface area contributed by atoms with Gasteiger partial charge in [0, 0.05) is 52.5 Å². The summed E-state index contributed by atoms with van der Waals surface area (Å²) < 4.78 is 19.0. The van der Waals surface area contributed by atoms with Crippen molar-refractivity contribution in [3.8, 4) is 0 Å². The summed E-state index contributed by atoms with van der Waals surface area (Å²) >= 11 is 0. The molecule has 2 heterocycles. The Morgan fingerprint density at radius 2 is 1.82 bits per heavy atom. The van der Waals surface area contributed by atoms with Crippen molar-refractivity contribution in [1.29, 1.82) is 0 Å². The molecule has 0 spiro atoms. The Hall–Kier alpha value is -1.98. The summed E-state index contributed by atoms with van der Waals surface area (Å²) in [5.74, 6) is 1.49. The summed E-state index contributed by atoms with van der Waals surface area (Å²) in [6.45, 7) is 10.5. The third-order valence-corrected chi connectivity index (χ3v) is 5.78. The molecule has 2 N–H and O–H groups in total. The lowest BCUT2D eigenvalue weighted by atomic mass is 10.0. The third-order valence-electron chi connectivity index (χ3n) is 5.78. The number of halogens is 2. The van der Waals surface area contributed by atoms with Crippen molar-refractivity contribution in [3.63, 3.8) is 0 Å². The second-order valence-corrected chi connectivity index (χ2v) is 7.72.